The van der Waals surface area contributed by atoms with E-state index in [0.717, 1.165) is 27.3 Å². The summed E-state index contributed by atoms with van der Waals surface area (Å²) in [5.41, 5.74) is 3.73. The number of anilines is 1. The highest BCUT2D eigenvalue weighted by molar-refractivity contribution is 6.04. The van der Waals surface area contributed by atoms with Gasteiger partial charge in [-0.25, -0.2) is 4.79 Å². The summed E-state index contributed by atoms with van der Waals surface area (Å²) in [6.07, 6.45) is 0. The summed E-state index contributed by atoms with van der Waals surface area (Å²) in [6.45, 7) is 5.22. The van der Waals surface area contributed by atoms with E-state index in [-0.39, 0.29) is 25.5 Å². The Morgan fingerprint density at radius 3 is 2.23 bits per heavy atom. The zero-order chi connectivity index (χ0) is 19.6. The van der Waals surface area contributed by atoms with Gasteiger partial charge in [-0.05, 0) is 31.9 Å². The first kappa shape index (κ1) is 19.4. The molecule has 140 valence electrons. The maximum absolute atomic E-state index is 12.3. The molecule has 0 unspecified atom stereocenters. The maximum Gasteiger partial charge on any atom is 0.327 e. The fraction of sp³-hybridized carbons (Fsp3) is 0.444. The van der Waals surface area contributed by atoms with Gasteiger partial charge in [0.1, 0.15) is 13.1 Å². The van der Waals surface area contributed by atoms with Gasteiger partial charge in [-0.3, -0.25) is 19.3 Å². The SMILES string of the molecule is Cc1cc(C)c(NC(=O)CN(C)C(=O)CN2C(=O)CN(C)C2=O)c(C)c1. The average Bonchev–Trinajstić information content (AvgIpc) is 2.77. The predicted octanol–water partition coefficient (Wildman–Crippen LogP) is 0.903. The average molecular weight is 360 g/mol. The van der Waals surface area contributed by atoms with Crippen molar-refractivity contribution in [2.75, 3.05) is 39.0 Å². The number of nitrogens with zero attached hydrogens (tertiary/aromatic N) is 3. The number of likely N-dealkylation sites (N-methyl/N-ethyl adjacent to an activating group) is 2. The van der Waals surface area contributed by atoms with Crippen LogP contribution in [0.3, 0.4) is 0 Å². The van der Waals surface area contributed by atoms with Gasteiger partial charge in [0.15, 0.2) is 0 Å². The Bertz CT molecular complexity index is 751. The Morgan fingerprint density at radius 2 is 1.73 bits per heavy atom. The van der Waals surface area contributed by atoms with Crippen molar-refractivity contribution in [3.63, 3.8) is 0 Å². The molecule has 26 heavy (non-hydrogen) atoms. The Labute approximate surface area is 152 Å². The van der Waals surface area contributed by atoms with Gasteiger partial charge < -0.3 is 15.1 Å². The van der Waals surface area contributed by atoms with E-state index in [4.69, 9.17) is 0 Å². The number of imide groups is 1. The number of hydrogen-bond acceptors (Lipinski definition) is 4. The number of amides is 5. The zero-order valence-corrected chi connectivity index (χ0v) is 15.8. The Morgan fingerprint density at radius 1 is 1.15 bits per heavy atom. The monoisotopic (exact) mass is 360 g/mol. The number of benzene rings is 1. The molecule has 8 nitrogen and oxygen atoms in total. The Balaban J connectivity index is 1.96. The standard InChI is InChI=1S/C18H24N4O4/c1-11-6-12(2)17(13(3)7-11)19-14(23)8-20(4)15(24)10-22-16(25)9-21(5)18(22)26/h6-7H,8-10H2,1-5H3,(H,19,23). The first-order valence-electron chi connectivity index (χ1n) is 8.27. The molecule has 5 amide bonds. The molecule has 0 aromatic heterocycles. The maximum atomic E-state index is 12.3. The lowest BCUT2D eigenvalue weighted by Gasteiger charge is -2.21. The third-order valence-electron chi connectivity index (χ3n) is 4.27. The first-order chi connectivity index (χ1) is 12.1. The van der Waals surface area contributed by atoms with Crippen LogP contribution in [0.1, 0.15) is 16.7 Å². The lowest BCUT2D eigenvalue weighted by atomic mass is 10.1. The van der Waals surface area contributed by atoms with Crippen molar-refractivity contribution >= 4 is 29.4 Å². The van der Waals surface area contributed by atoms with Crippen molar-refractivity contribution in [3.05, 3.63) is 28.8 Å². The molecule has 0 atom stereocenters. The van der Waals surface area contributed by atoms with Crippen LogP contribution in [0.2, 0.25) is 0 Å². The minimum absolute atomic E-state index is 0.0394. The molecular weight excluding hydrogens is 336 g/mol. The van der Waals surface area contributed by atoms with Crippen LogP contribution in [0.5, 0.6) is 0 Å². The van der Waals surface area contributed by atoms with E-state index >= 15 is 0 Å². The molecule has 1 saturated heterocycles. The minimum Gasteiger partial charge on any atom is -0.335 e. The van der Waals surface area contributed by atoms with Crippen molar-refractivity contribution in [2.45, 2.75) is 20.8 Å². The second-order valence-corrected chi connectivity index (χ2v) is 6.69. The molecule has 0 radical (unpaired) electrons. The lowest BCUT2D eigenvalue weighted by Crippen LogP contribution is -2.44. The van der Waals surface area contributed by atoms with Gasteiger partial charge in [0.05, 0.1) is 6.54 Å². The normalized spacial score (nSPS) is 14.0. The molecule has 1 N–H and O–H groups in total. The number of carbonyl (C=O) groups is 4. The van der Waals surface area contributed by atoms with Gasteiger partial charge in [0.25, 0.3) is 5.91 Å². The minimum atomic E-state index is -0.507. The molecule has 1 heterocycles. The van der Waals surface area contributed by atoms with Crippen molar-refractivity contribution in [1.29, 1.82) is 0 Å². The van der Waals surface area contributed by atoms with Crippen LogP contribution in [-0.4, -0.2) is 72.2 Å². The van der Waals surface area contributed by atoms with E-state index in [9.17, 15) is 19.2 Å². The van der Waals surface area contributed by atoms with Crippen LogP contribution >= 0.6 is 0 Å². The predicted molar refractivity (Wildman–Crippen MR) is 96.7 cm³/mol. The third-order valence-corrected chi connectivity index (χ3v) is 4.27. The van der Waals surface area contributed by atoms with Gasteiger partial charge in [-0.2, -0.15) is 0 Å². The van der Waals surface area contributed by atoms with Crippen molar-refractivity contribution < 1.29 is 19.2 Å². The van der Waals surface area contributed by atoms with Gasteiger partial charge in [-0.15, -0.1) is 0 Å². The number of nitrogens with one attached hydrogen (secondary N) is 1. The second-order valence-electron chi connectivity index (χ2n) is 6.69. The highest BCUT2D eigenvalue weighted by atomic mass is 16.2. The highest BCUT2D eigenvalue weighted by Gasteiger charge is 2.35. The molecule has 1 aromatic rings. The van der Waals surface area contributed by atoms with Crippen LogP contribution in [0.15, 0.2) is 12.1 Å². The number of rotatable bonds is 5. The Kier molecular flexibility index (Phi) is 5.64. The van der Waals surface area contributed by atoms with E-state index in [1.165, 1.54) is 23.9 Å². The first-order valence-corrected chi connectivity index (χ1v) is 8.27. The molecule has 0 saturated carbocycles. The van der Waals surface area contributed by atoms with E-state index in [0.29, 0.717) is 0 Å². The fourth-order valence-electron chi connectivity index (χ4n) is 2.94. The molecule has 1 fully saturated rings. The molecule has 0 bridgehead atoms. The van der Waals surface area contributed by atoms with Gasteiger partial charge in [0.2, 0.25) is 11.8 Å². The molecule has 8 heteroatoms. The number of carbonyl (C=O) groups excluding carboxylic acids is 4. The van der Waals surface area contributed by atoms with Crippen LogP contribution in [-0.2, 0) is 14.4 Å². The Hall–Kier alpha value is -2.90. The third kappa shape index (κ3) is 4.19. The van der Waals surface area contributed by atoms with Crippen LogP contribution < -0.4 is 5.32 Å². The molecule has 1 aliphatic rings. The van der Waals surface area contributed by atoms with E-state index in [1.54, 1.807) is 0 Å². The molecule has 1 aliphatic heterocycles. The smallest absolute Gasteiger partial charge is 0.327 e. The van der Waals surface area contributed by atoms with Crippen LogP contribution in [0, 0.1) is 20.8 Å². The van der Waals surface area contributed by atoms with Crippen LogP contribution in [0.25, 0.3) is 0 Å². The summed E-state index contributed by atoms with van der Waals surface area (Å²) < 4.78 is 0. The summed E-state index contributed by atoms with van der Waals surface area (Å²) in [7, 11) is 2.96. The fourth-order valence-corrected chi connectivity index (χ4v) is 2.94. The quantitative estimate of drug-likeness (QED) is 0.790. The summed E-state index contributed by atoms with van der Waals surface area (Å²) in [6, 6.07) is 3.43. The van der Waals surface area contributed by atoms with Crippen molar-refractivity contribution in [1.82, 2.24) is 14.7 Å². The van der Waals surface area contributed by atoms with Crippen molar-refractivity contribution in [3.8, 4) is 0 Å². The van der Waals surface area contributed by atoms with Gasteiger partial charge >= 0.3 is 6.03 Å². The van der Waals surface area contributed by atoms with E-state index in [2.05, 4.69) is 5.32 Å². The lowest BCUT2D eigenvalue weighted by molar-refractivity contribution is -0.137. The topological polar surface area (TPSA) is 90.0 Å². The summed E-state index contributed by atoms with van der Waals surface area (Å²) in [5, 5.41) is 2.82. The number of hydrogen-bond donors (Lipinski definition) is 1. The highest BCUT2D eigenvalue weighted by Crippen LogP contribution is 2.21. The molecule has 2 rings (SSSR count). The molecule has 0 aliphatic carbocycles. The molecule has 0 spiro atoms. The van der Waals surface area contributed by atoms with E-state index < -0.39 is 17.8 Å². The second kappa shape index (κ2) is 7.55. The van der Waals surface area contributed by atoms with Gasteiger partial charge in [-0.1, -0.05) is 17.7 Å². The largest absolute Gasteiger partial charge is 0.335 e. The summed E-state index contributed by atoms with van der Waals surface area (Å²) in [5.74, 6) is -1.24. The van der Waals surface area contributed by atoms with E-state index in [1.807, 2.05) is 32.9 Å². The summed E-state index contributed by atoms with van der Waals surface area (Å²) >= 11 is 0. The van der Waals surface area contributed by atoms with Crippen LogP contribution in [0.4, 0.5) is 10.5 Å². The van der Waals surface area contributed by atoms with Gasteiger partial charge in [0, 0.05) is 19.8 Å². The number of aryl methyl sites for hydroxylation is 3. The number of urea groups is 1. The summed E-state index contributed by atoms with van der Waals surface area (Å²) in [4.78, 5) is 51.4. The molecule has 1 aromatic carbocycles. The zero-order valence-electron chi connectivity index (χ0n) is 15.8. The van der Waals surface area contributed by atoms with Crippen molar-refractivity contribution in [2.24, 2.45) is 0 Å². The molecular formula is C18H24N4O4.